The number of hydrogen-bond donors (Lipinski definition) is 1. The molecule has 5 heteroatoms. The van der Waals surface area contributed by atoms with Crippen molar-refractivity contribution < 1.29 is 9.53 Å². The first-order chi connectivity index (χ1) is 13.7. The van der Waals surface area contributed by atoms with Gasteiger partial charge in [-0.05, 0) is 47.5 Å². The third-order valence-corrected chi connectivity index (χ3v) is 4.93. The van der Waals surface area contributed by atoms with Gasteiger partial charge in [-0.2, -0.15) is 5.10 Å². The number of methoxy groups -OCH3 is 1. The quantitative estimate of drug-likeness (QED) is 0.733. The fourth-order valence-electron chi connectivity index (χ4n) is 3.42. The van der Waals surface area contributed by atoms with Crippen LogP contribution in [-0.4, -0.2) is 18.7 Å². The molecule has 0 spiro atoms. The summed E-state index contributed by atoms with van der Waals surface area (Å²) >= 11 is 0. The van der Waals surface area contributed by atoms with Crippen molar-refractivity contribution >= 4 is 17.3 Å². The van der Waals surface area contributed by atoms with Gasteiger partial charge in [-0.3, -0.25) is 9.80 Å². The molecule has 0 saturated carbocycles. The van der Waals surface area contributed by atoms with Crippen LogP contribution >= 0.6 is 0 Å². The molecule has 28 heavy (non-hydrogen) atoms. The zero-order chi connectivity index (χ0) is 19.5. The van der Waals surface area contributed by atoms with Crippen LogP contribution in [0.15, 0.2) is 84.0 Å². The van der Waals surface area contributed by atoms with E-state index in [1.54, 1.807) is 19.2 Å². The Kier molecular flexibility index (Phi) is 4.81. The molecule has 1 aliphatic rings. The Morgan fingerprint density at radius 2 is 1.68 bits per heavy atom. The highest BCUT2D eigenvalue weighted by atomic mass is 16.5. The summed E-state index contributed by atoms with van der Waals surface area (Å²) in [5, 5.41) is 6.91. The molecule has 0 unspecified atom stereocenters. The third kappa shape index (κ3) is 3.47. The Morgan fingerprint density at radius 3 is 2.29 bits per heavy atom. The molecular formula is C23H21N3O2. The molecule has 1 amide bonds. The molecule has 1 heterocycles. The molecule has 5 nitrogen and oxygen atoms in total. The number of hydrazone groups is 1. The van der Waals surface area contributed by atoms with Gasteiger partial charge in [0.15, 0.2) is 0 Å². The van der Waals surface area contributed by atoms with Crippen molar-refractivity contribution in [2.24, 2.45) is 10.8 Å². The van der Waals surface area contributed by atoms with E-state index in [4.69, 9.17) is 15.6 Å². The van der Waals surface area contributed by atoms with E-state index >= 15 is 0 Å². The topological polar surface area (TPSA) is 67.9 Å². The zero-order valence-electron chi connectivity index (χ0n) is 15.6. The lowest BCUT2D eigenvalue weighted by Gasteiger charge is -2.24. The Balaban J connectivity index is 1.72. The van der Waals surface area contributed by atoms with Gasteiger partial charge < -0.3 is 10.5 Å². The van der Waals surface area contributed by atoms with Gasteiger partial charge in [-0.1, -0.05) is 42.5 Å². The van der Waals surface area contributed by atoms with E-state index in [2.05, 4.69) is 24.3 Å². The van der Waals surface area contributed by atoms with E-state index in [0.29, 0.717) is 5.56 Å². The van der Waals surface area contributed by atoms with Crippen LogP contribution < -0.4 is 15.5 Å². The van der Waals surface area contributed by atoms with Crippen molar-refractivity contribution in [3.8, 4) is 5.75 Å². The van der Waals surface area contributed by atoms with Crippen molar-refractivity contribution in [2.75, 3.05) is 12.1 Å². The van der Waals surface area contributed by atoms with Gasteiger partial charge in [0.05, 0.1) is 24.6 Å². The fourth-order valence-corrected chi connectivity index (χ4v) is 3.42. The van der Waals surface area contributed by atoms with E-state index in [1.807, 2.05) is 47.5 Å². The maximum atomic E-state index is 11.4. The summed E-state index contributed by atoms with van der Waals surface area (Å²) in [5.41, 5.74) is 10.0. The molecule has 1 aliphatic heterocycles. The van der Waals surface area contributed by atoms with Crippen LogP contribution in [0.3, 0.4) is 0 Å². The molecule has 4 rings (SSSR count). The normalized spacial score (nSPS) is 16.0. The van der Waals surface area contributed by atoms with E-state index in [1.165, 1.54) is 0 Å². The summed E-state index contributed by atoms with van der Waals surface area (Å²) in [6.45, 7) is 0. The monoisotopic (exact) mass is 371 g/mol. The number of hydrogen-bond acceptors (Lipinski definition) is 4. The van der Waals surface area contributed by atoms with E-state index < -0.39 is 5.91 Å². The second-order valence-corrected chi connectivity index (χ2v) is 6.66. The van der Waals surface area contributed by atoms with E-state index in [0.717, 1.165) is 34.7 Å². The minimum absolute atomic E-state index is 0.0561. The molecule has 140 valence electrons. The SMILES string of the molecule is COc1ccc([C@@H]2CC(c3ccccc3)=NN2c2ccc(C(N)=O)cc2)cc1. The zero-order valence-corrected chi connectivity index (χ0v) is 15.6. The van der Waals surface area contributed by atoms with Gasteiger partial charge in [0.25, 0.3) is 0 Å². The molecule has 3 aromatic rings. The lowest BCUT2D eigenvalue weighted by Crippen LogP contribution is -2.19. The lowest BCUT2D eigenvalue weighted by atomic mass is 9.98. The second-order valence-electron chi connectivity index (χ2n) is 6.66. The number of nitrogens with two attached hydrogens (primary N) is 1. The summed E-state index contributed by atoms with van der Waals surface area (Å²) in [6, 6.07) is 25.5. The average molecular weight is 371 g/mol. The molecule has 0 fully saturated rings. The summed E-state index contributed by atoms with van der Waals surface area (Å²) in [5.74, 6) is 0.386. The van der Waals surface area contributed by atoms with Gasteiger partial charge in [-0.25, -0.2) is 0 Å². The van der Waals surface area contributed by atoms with Crippen molar-refractivity contribution in [2.45, 2.75) is 12.5 Å². The largest absolute Gasteiger partial charge is 0.497 e. The number of carbonyl (C=O) groups excluding carboxylic acids is 1. The van der Waals surface area contributed by atoms with Crippen LogP contribution in [0.5, 0.6) is 5.75 Å². The maximum Gasteiger partial charge on any atom is 0.248 e. The van der Waals surface area contributed by atoms with Crippen LogP contribution in [0.4, 0.5) is 5.69 Å². The minimum atomic E-state index is -0.437. The predicted molar refractivity (Wildman–Crippen MR) is 111 cm³/mol. The van der Waals surface area contributed by atoms with Crippen LogP contribution in [0, 0.1) is 0 Å². The van der Waals surface area contributed by atoms with Gasteiger partial charge in [0, 0.05) is 12.0 Å². The van der Waals surface area contributed by atoms with Crippen LogP contribution in [0.25, 0.3) is 0 Å². The van der Waals surface area contributed by atoms with Crippen LogP contribution in [0.2, 0.25) is 0 Å². The highest BCUT2D eigenvalue weighted by Gasteiger charge is 2.30. The van der Waals surface area contributed by atoms with Crippen LogP contribution in [-0.2, 0) is 0 Å². The Hall–Kier alpha value is -3.60. The average Bonchev–Trinajstić information content (AvgIpc) is 3.20. The summed E-state index contributed by atoms with van der Waals surface area (Å²) in [6.07, 6.45) is 0.786. The second kappa shape index (κ2) is 7.56. The Bertz CT molecular complexity index is 996. The van der Waals surface area contributed by atoms with Gasteiger partial charge >= 0.3 is 0 Å². The lowest BCUT2D eigenvalue weighted by molar-refractivity contribution is 0.100. The van der Waals surface area contributed by atoms with Crippen molar-refractivity contribution in [1.29, 1.82) is 0 Å². The molecule has 0 aliphatic carbocycles. The summed E-state index contributed by atoms with van der Waals surface area (Å²) in [7, 11) is 1.66. The predicted octanol–water partition coefficient (Wildman–Crippen LogP) is 4.15. The third-order valence-electron chi connectivity index (χ3n) is 4.93. The minimum Gasteiger partial charge on any atom is -0.497 e. The standard InChI is InChI=1S/C23H21N3O2/c1-28-20-13-9-17(10-14-20)22-15-21(16-5-3-2-4-6-16)25-26(22)19-11-7-18(8-12-19)23(24)27/h2-14,22H,15H2,1H3,(H2,24,27)/t22-/m0/s1. The molecule has 0 aromatic heterocycles. The fraction of sp³-hybridized carbons (Fsp3) is 0.130. The molecule has 2 N–H and O–H groups in total. The van der Waals surface area contributed by atoms with Crippen molar-refractivity contribution in [3.05, 3.63) is 95.6 Å². The van der Waals surface area contributed by atoms with Gasteiger partial charge in [-0.15, -0.1) is 0 Å². The Morgan fingerprint density at radius 1 is 1.00 bits per heavy atom. The number of nitrogens with zero attached hydrogens (tertiary/aromatic N) is 2. The number of carbonyl (C=O) groups is 1. The number of primary amides is 1. The van der Waals surface area contributed by atoms with Gasteiger partial charge in [0.1, 0.15) is 5.75 Å². The molecule has 0 bridgehead atoms. The number of anilines is 1. The van der Waals surface area contributed by atoms with E-state index in [9.17, 15) is 4.79 Å². The van der Waals surface area contributed by atoms with Crippen molar-refractivity contribution in [3.63, 3.8) is 0 Å². The number of amides is 1. The molecule has 1 atom stereocenters. The summed E-state index contributed by atoms with van der Waals surface area (Å²) in [4.78, 5) is 11.4. The molecular weight excluding hydrogens is 350 g/mol. The first kappa shape index (κ1) is 17.8. The van der Waals surface area contributed by atoms with Crippen molar-refractivity contribution in [1.82, 2.24) is 0 Å². The van der Waals surface area contributed by atoms with E-state index in [-0.39, 0.29) is 6.04 Å². The number of ether oxygens (including phenoxy) is 1. The highest BCUT2D eigenvalue weighted by molar-refractivity contribution is 6.03. The molecule has 0 saturated heterocycles. The first-order valence-corrected chi connectivity index (χ1v) is 9.11. The number of rotatable bonds is 5. The van der Waals surface area contributed by atoms with Crippen LogP contribution in [0.1, 0.15) is 33.9 Å². The highest BCUT2D eigenvalue weighted by Crippen LogP contribution is 2.37. The smallest absolute Gasteiger partial charge is 0.248 e. The first-order valence-electron chi connectivity index (χ1n) is 9.11. The molecule has 0 radical (unpaired) electrons. The van der Waals surface area contributed by atoms with Gasteiger partial charge in [0.2, 0.25) is 5.91 Å². The Labute approximate surface area is 164 Å². The maximum absolute atomic E-state index is 11.4. The molecule has 3 aromatic carbocycles. The number of benzene rings is 3. The summed E-state index contributed by atoms with van der Waals surface area (Å²) < 4.78 is 5.28.